The molecule has 0 spiro atoms. The van der Waals surface area contributed by atoms with Crippen molar-refractivity contribution in [2.24, 2.45) is 5.73 Å². The van der Waals surface area contributed by atoms with Crippen molar-refractivity contribution in [1.29, 1.82) is 0 Å². The largest absolute Gasteiger partial charge is 0.402 e. The molecule has 0 fully saturated rings. The maximum atomic E-state index is 12.5. The summed E-state index contributed by atoms with van der Waals surface area (Å²) in [7, 11) is 0. The molecule has 2 N–H and O–H groups in total. The quantitative estimate of drug-likeness (QED) is 0.819. The van der Waals surface area contributed by atoms with Crippen molar-refractivity contribution in [1.82, 2.24) is 4.98 Å². The SMILES string of the molecule is CC(N)C(Sc1ccncc1)C(F)(F)F. The molecule has 6 heteroatoms. The standard InChI is InChI=1S/C9H11F3N2S/c1-6(13)8(9(10,11)12)15-7-2-4-14-5-3-7/h2-6,8H,13H2,1H3. The molecule has 2 unspecified atom stereocenters. The summed E-state index contributed by atoms with van der Waals surface area (Å²) in [6, 6.07) is 2.13. The lowest BCUT2D eigenvalue weighted by molar-refractivity contribution is -0.131. The number of nitrogens with zero attached hydrogens (tertiary/aromatic N) is 1. The van der Waals surface area contributed by atoms with Gasteiger partial charge in [0, 0.05) is 23.3 Å². The minimum atomic E-state index is -4.29. The smallest absolute Gasteiger partial charge is 0.327 e. The summed E-state index contributed by atoms with van der Waals surface area (Å²) in [5.41, 5.74) is 5.31. The maximum Gasteiger partial charge on any atom is 0.402 e. The van der Waals surface area contributed by atoms with Crippen molar-refractivity contribution in [3.8, 4) is 0 Å². The van der Waals surface area contributed by atoms with Gasteiger partial charge in [-0.2, -0.15) is 13.2 Å². The lowest BCUT2D eigenvalue weighted by atomic mass is 10.2. The molecule has 1 aromatic heterocycles. The Morgan fingerprint density at radius 1 is 1.33 bits per heavy atom. The number of hydrogen-bond acceptors (Lipinski definition) is 3. The average molecular weight is 236 g/mol. The number of alkyl halides is 3. The second-order valence-electron chi connectivity index (χ2n) is 3.12. The van der Waals surface area contributed by atoms with E-state index in [1.165, 1.54) is 31.5 Å². The molecule has 0 aromatic carbocycles. The van der Waals surface area contributed by atoms with Gasteiger partial charge in [0.15, 0.2) is 0 Å². The van der Waals surface area contributed by atoms with Crippen molar-refractivity contribution in [2.45, 2.75) is 29.3 Å². The Hall–Kier alpha value is -0.750. The third kappa shape index (κ3) is 3.71. The van der Waals surface area contributed by atoms with E-state index in [4.69, 9.17) is 5.73 Å². The minimum absolute atomic E-state index is 0.518. The Morgan fingerprint density at radius 3 is 2.27 bits per heavy atom. The summed E-state index contributed by atoms with van der Waals surface area (Å²) in [6.45, 7) is 1.35. The molecule has 0 aliphatic carbocycles. The average Bonchev–Trinajstić information content (AvgIpc) is 2.13. The summed E-state index contributed by atoms with van der Waals surface area (Å²) in [4.78, 5) is 4.25. The summed E-state index contributed by atoms with van der Waals surface area (Å²) in [5, 5.41) is -1.58. The first kappa shape index (κ1) is 12.3. The molecule has 1 rings (SSSR count). The van der Waals surface area contributed by atoms with Crippen LogP contribution in [0.2, 0.25) is 0 Å². The number of halogens is 3. The number of nitrogens with two attached hydrogens (primary N) is 1. The van der Waals surface area contributed by atoms with E-state index < -0.39 is 17.5 Å². The van der Waals surface area contributed by atoms with E-state index in [9.17, 15) is 13.2 Å². The lowest BCUT2D eigenvalue weighted by Gasteiger charge is -2.22. The van der Waals surface area contributed by atoms with E-state index in [-0.39, 0.29) is 0 Å². The van der Waals surface area contributed by atoms with E-state index in [0.29, 0.717) is 16.7 Å². The number of rotatable bonds is 3. The van der Waals surface area contributed by atoms with E-state index in [2.05, 4.69) is 4.98 Å². The van der Waals surface area contributed by atoms with Gasteiger partial charge in [-0.05, 0) is 19.1 Å². The molecule has 0 aliphatic rings. The number of hydrogen-bond donors (Lipinski definition) is 1. The van der Waals surface area contributed by atoms with Crippen LogP contribution in [0.3, 0.4) is 0 Å². The molecule has 0 bridgehead atoms. The molecule has 0 saturated carbocycles. The Balaban J connectivity index is 2.77. The van der Waals surface area contributed by atoms with Gasteiger partial charge in [0.25, 0.3) is 0 Å². The highest BCUT2D eigenvalue weighted by Crippen LogP contribution is 2.36. The molecule has 2 atom stereocenters. The monoisotopic (exact) mass is 236 g/mol. The Kier molecular flexibility index (Phi) is 3.98. The second kappa shape index (κ2) is 4.85. The molecule has 0 saturated heterocycles. The van der Waals surface area contributed by atoms with Crippen molar-refractivity contribution in [2.75, 3.05) is 0 Å². The molecule has 1 aromatic rings. The normalized spacial score (nSPS) is 16.1. The van der Waals surface area contributed by atoms with Crippen LogP contribution >= 0.6 is 11.8 Å². The van der Waals surface area contributed by atoms with Crippen LogP contribution < -0.4 is 5.73 Å². The van der Waals surface area contributed by atoms with Gasteiger partial charge in [-0.1, -0.05) is 0 Å². The van der Waals surface area contributed by atoms with Crippen LogP contribution in [0.1, 0.15) is 6.92 Å². The van der Waals surface area contributed by atoms with Gasteiger partial charge in [-0.15, -0.1) is 11.8 Å². The van der Waals surface area contributed by atoms with Gasteiger partial charge in [0.2, 0.25) is 0 Å². The fraction of sp³-hybridized carbons (Fsp3) is 0.444. The highest BCUT2D eigenvalue weighted by atomic mass is 32.2. The van der Waals surface area contributed by atoms with E-state index >= 15 is 0 Å². The molecule has 0 aliphatic heterocycles. The molecule has 0 amide bonds. The highest BCUT2D eigenvalue weighted by molar-refractivity contribution is 8.00. The molecular weight excluding hydrogens is 225 g/mol. The molecule has 84 valence electrons. The lowest BCUT2D eigenvalue weighted by Crippen LogP contribution is -2.40. The van der Waals surface area contributed by atoms with Crippen LogP contribution in [-0.2, 0) is 0 Å². The minimum Gasteiger partial charge on any atom is -0.327 e. The van der Waals surface area contributed by atoms with Gasteiger partial charge in [0.05, 0.1) is 0 Å². The third-order valence-corrected chi connectivity index (χ3v) is 3.21. The molecule has 1 heterocycles. The molecule has 15 heavy (non-hydrogen) atoms. The van der Waals surface area contributed by atoms with Crippen LogP contribution in [0, 0.1) is 0 Å². The molecule has 2 nitrogen and oxygen atoms in total. The summed E-state index contributed by atoms with van der Waals surface area (Å²) >= 11 is 0.714. The van der Waals surface area contributed by atoms with Crippen molar-refractivity contribution in [3.05, 3.63) is 24.5 Å². The topological polar surface area (TPSA) is 38.9 Å². The first-order chi connectivity index (χ1) is 6.91. The molecular formula is C9H11F3N2S. The summed E-state index contributed by atoms with van der Waals surface area (Å²) in [6.07, 6.45) is -1.38. The predicted molar refractivity (Wildman–Crippen MR) is 53.6 cm³/mol. The maximum absolute atomic E-state index is 12.5. The van der Waals surface area contributed by atoms with Crippen LogP contribution in [0.5, 0.6) is 0 Å². The van der Waals surface area contributed by atoms with E-state index in [1.54, 1.807) is 0 Å². The van der Waals surface area contributed by atoms with Crippen LogP contribution in [0.15, 0.2) is 29.4 Å². The molecule has 0 radical (unpaired) electrons. The third-order valence-electron chi connectivity index (χ3n) is 1.71. The second-order valence-corrected chi connectivity index (χ2v) is 4.34. The van der Waals surface area contributed by atoms with Crippen molar-refractivity contribution in [3.63, 3.8) is 0 Å². The first-order valence-corrected chi connectivity index (χ1v) is 5.18. The van der Waals surface area contributed by atoms with Gasteiger partial charge in [0.1, 0.15) is 5.25 Å². The van der Waals surface area contributed by atoms with Gasteiger partial charge < -0.3 is 5.73 Å². The van der Waals surface area contributed by atoms with Crippen LogP contribution in [0.25, 0.3) is 0 Å². The first-order valence-electron chi connectivity index (χ1n) is 4.30. The summed E-state index contributed by atoms with van der Waals surface area (Å²) < 4.78 is 37.6. The Bertz CT molecular complexity index is 300. The predicted octanol–water partition coefficient (Wildman–Crippen LogP) is 2.45. The zero-order valence-electron chi connectivity index (χ0n) is 8.03. The fourth-order valence-electron chi connectivity index (χ4n) is 1.04. The van der Waals surface area contributed by atoms with Crippen molar-refractivity contribution >= 4 is 11.8 Å². The van der Waals surface area contributed by atoms with Crippen LogP contribution in [0.4, 0.5) is 13.2 Å². The Labute approximate surface area is 90.1 Å². The number of pyridine rings is 1. The van der Waals surface area contributed by atoms with Crippen LogP contribution in [-0.4, -0.2) is 22.5 Å². The number of aromatic nitrogens is 1. The van der Waals surface area contributed by atoms with Crippen molar-refractivity contribution < 1.29 is 13.2 Å². The van der Waals surface area contributed by atoms with Gasteiger partial charge in [-0.25, -0.2) is 0 Å². The zero-order chi connectivity index (χ0) is 11.5. The zero-order valence-corrected chi connectivity index (χ0v) is 8.85. The Morgan fingerprint density at radius 2 is 1.87 bits per heavy atom. The van der Waals surface area contributed by atoms with E-state index in [1.807, 2.05) is 0 Å². The number of thioether (sulfide) groups is 1. The van der Waals surface area contributed by atoms with Gasteiger partial charge >= 0.3 is 6.18 Å². The highest BCUT2D eigenvalue weighted by Gasteiger charge is 2.42. The van der Waals surface area contributed by atoms with Gasteiger partial charge in [-0.3, -0.25) is 4.98 Å². The van der Waals surface area contributed by atoms with E-state index in [0.717, 1.165) is 0 Å². The fourth-order valence-corrected chi connectivity index (χ4v) is 1.96. The summed E-state index contributed by atoms with van der Waals surface area (Å²) in [5.74, 6) is 0.